The van der Waals surface area contributed by atoms with Crippen LogP contribution in [0.2, 0.25) is 5.02 Å². The Morgan fingerprint density at radius 1 is 1.27 bits per heavy atom. The van der Waals surface area contributed by atoms with Crippen LogP contribution in [-0.2, 0) is 15.8 Å². The van der Waals surface area contributed by atoms with Gasteiger partial charge in [-0.05, 0) is 37.0 Å². The van der Waals surface area contributed by atoms with Gasteiger partial charge < -0.3 is 9.80 Å². The van der Waals surface area contributed by atoms with Crippen molar-refractivity contribution in [2.45, 2.75) is 39.3 Å². The minimum Gasteiger partial charge on any atom is -0.343 e. The first-order chi connectivity index (χ1) is 12.1. The molecule has 1 aromatic carbocycles. The monoisotopic (exact) mass is 390 g/mol. The van der Waals surface area contributed by atoms with Gasteiger partial charge in [-0.25, -0.2) is 0 Å². The molecule has 1 heterocycles. The number of rotatable bonds is 4. The van der Waals surface area contributed by atoms with Gasteiger partial charge in [-0.3, -0.25) is 9.59 Å². The maximum atomic E-state index is 12.9. The summed E-state index contributed by atoms with van der Waals surface area (Å²) in [6.45, 7) is 4.70. The molecule has 0 radical (unpaired) electrons. The van der Waals surface area contributed by atoms with E-state index in [0.29, 0.717) is 19.0 Å². The van der Waals surface area contributed by atoms with Gasteiger partial charge in [0.05, 0.1) is 16.3 Å². The molecule has 26 heavy (non-hydrogen) atoms. The Morgan fingerprint density at radius 3 is 2.42 bits per heavy atom. The molecule has 0 spiro atoms. The second-order valence-corrected chi connectivity index (χ2v) is 7.06. The molecule has 1 saturated heterocycles. The summed E-state index contributed by atoms with van der Waals surface area (Å²) in [5.41, 5.74) is -0.923. The van der Waals surface area contributed by atoms with E-state index in [1.165, 1.54) is 6.92 Å². The van der Waals surface area contributed by atoms with Crippen molar-refractivity contribution in [3.8, 4) is 0 Å². The second kappa shape index (κ2) is 8.29. The summed E-state index contributed by atoms with van der Waals surface area (Å²) in [6, 6.07) is 2.82. The minimum atomic E-state index is -4.54. The van der Waals surface area contributed by atoms with Gasteiger partial charge in [0.1, 0.15) is 0 Å². The molecule has 144 valence electrons. The molecule has 0 saturated carbocycles. The van der Waals surface area contributed by atoms with Crippen LogP contribution in [0.25, 0.3) is 0 Å². The van der Waals surface area contributed by atoms with Crippen LogP contribution in [0.1, 0.15) is 38.7 Å². The predicted octanol–water partition coefficient (Wildman–Crippen LogP) is 4.36. The van der Waals surface area contributed by atoms with E-state index >= 15 is 0 Å². The molecule has 0 aliphatic carbocycles. The van der Waals surface area contributed by atoms with Gasteiger partial charge in [-0.2, -0.15) is 13.2 Å². The van der Waals surface area contributed by atoms with Gasteiger partial charge >= 0.3 is 6.18 Å². The van der Waals surface area contributed by atoms with Crippen LogP contribution < -0.4 is 4.90 Å². The third-order valence-electron chi connectivity index (χ3n) is 4.63. The molecular formula is C18H22ClF3N2O2. The lowest BCUT2D eigenvalue weighted by atomic mass is 9.99. The maximum absolute atomic E-state index is 12.9. The normalized spacial score (nSPS) is 15.8. The first-order valence-corrected chi connectivity index (χ1v) is 8.90. The highest BCUT2D eigenvalue weighted by Crippen LogP contribution is 2.35. The van der Waals surface area contributed by atoms with Crippen molar-refractivity contribution in [1.82, 2.24) is 4.90 Å². The molecule has 0 unspecified atom stereocenters. The summed E-state index contributed by atoms with van der Waals surface area (Å²) in [6.07, 6.45) is -2.63. The van der Waals surface area contributed by atoms with Crippen molar-refractivity contribution in [3.63, 3.8) is 0 Å². The number of amides is 2. The summed E-state index contributed by atoms with van der Waals surface area (Å²) in [7, 11) is 0. The highest BCUT2D eigenvalue weighted by molar-refractivity contribution is 6.33. The Balaban J connectivity index is 2.12. The summed E-state index contributed by atoms with van der Waals surface area (Å²) >= 11 is 6.01. The van der Waals surface area contributed by atoms with Crippen LogP contribution >= 0.6 is 11.6 Å². The molecule has 0 bridgehead atoms. The van der Waals surface area contributed by atoms with Crippen LogP contribution in [-0.4, -0.2) is 36.3 Å². The fourth-order valence-corrected chi connectivity index (χ4v) is 3.19. The Hall–Kier alpha value is -1.76. The van der Waals surface area contributed by atoms with Gasteiger partial charge in [-0.1, -0.05) is 18.5 Å². The number of piperidine rings is 1. The zero-order valence-corrected chi connectivity index (χ0v) is 15.5. The molecule has 1 aliphatic rings. The highest BCUT2D eigenvalue weighted by atomic mass is 35.5. The zero-order valence-electron chi connectivity index (χ0n) is 14.8. The van der Waals surface area contributed by atoms with Crippen molar-refractivity contribution < 1.29 is 22.8 Å². The molecule has 2 amide bonds. The highest BCUT2D eigenvalue weighted by Gasteiger charge is 2.32. The number of nitrogens with zero attached hydrogens (tertiary/aromatic N) is 2. The topological polar surface area (TPSA) is 40.6 Å². The van der Waals surface area contributed by atoms with E-state index in [-0.39, 0.29) is 29.6 Å². The molecule has 1 aliphatic heterocycles. The molecule has 0 N–H and O–H groups in total. The molecular weight excluding hydrogens is 369 g/mol. The summed E-state index contributed by atoms with van der Waals surface area (Å²) < 4.78 is 38.8. The lowest BCUT2D eigenvalue weighted by Crippen LogP contribution is -2.40. The van der Waals surface area contributed by atoms with E-state index < -0.39 is 17.6 Å². The van der Waals surface area contributed by atoms with Crippen LogP contribution in [0.4, 0.5) is 18.9 Å². The average molecular weight is 391 g/mol. The smallest absolute Gasteiger partial charge is 0.343 e. The number of halogens is 4. The van der Waals surface area contributed by atoms with Gasteiger partial charge in [-0.15, -0.1) is 0 Å². The predicted molar refractivity (Wildman–Crippen MR) is 94.1 cm³/mol. The lowest BCUT2D eigenvalue weighted by molar-refractivity contribution is -0.137. The third-order valence-corrected chi connectivity index (χ3v) is 4.95. The number of hydrogen-bond donors (Lipinski definition) is 0. The number of benzene rings is 1. The van der Waals surface area contributed by atoms with E-state index in [1.54, 1.807) is 4.90 Å². The first kappa shape index (κ1) is 20.6. The van der Waals surface area contributed by atoms with E-state index in [1.807, 2.05) is 0 Å². The Bertz CT molecular complexity index is 671. The number of hydrogen-bond acceptors (Lipinski definition) is 2. The molecule has 2 rings (SSSR count). The van der Waals surface area contributed by atoms with Crippen LogP contribution in [0.3, 0.4) is 0 Å². The standard InChI is InChI=1S/C18H22ClF3N2O2/c1-12-5-8-23(9-6-12)17(26)7-10-24(13(2)25)16-11-14(18(20,21)22)3-4-15(16)19/h3-4,11-12H,5-10H2,1-2H3. The Kier molecular flexibility index (Phi) is 6.55. The number of likely N-dealkylation sites (tertiary alicyclic amines) is 1. The maximum Gasteiger partial charge on any atom is 0.416 e. The first-order valence-electron chi connectivity index (χ1n) is 8.52. The second-order valence-electron chi connectivity index (χ2n) is 6.65. The average Bonchev–Trinajstić information content (AvgIpc) is 2.55. The Labute approximate surface area is 155 Å². The number of anilines is 1. The van der Waals surface area contributed by atoms with Crippen LogP contribution in [0.5, 0.6) is 0 Å². The van der Waals surface area contributed by atoms with Crippen molar-refractivity contribution in [2.24, 2.45) is 5.92 Å². The lowest BCUT2D eigenvalue weighted by Gasteiger charge is -2.31. The van der Waals surface area contributed by atoms with Crippen LogP contribution in [0.15, 0.2) is 18.2 Å². The summed E-state index contributed by atoms with van der Waals surface area (Å²) in [5, 5.41) is 0.0347. The molecule has 0 aromatic heterocycles. The summed E-state index contributed by atoms with van der Waals surface area (Å²) in [5.74, 6) is 0.00854. The fraction of sp³-hybridized carbons (Fsp3) is 0.556. The SMILES string of the molecule is CC(=O)N(CCC(=O)N1CCC(C)CC1)c1cc(C(F)(F)F)ccc1Cl. The van der Waals surface area contributed by atoms with Crippen molar-refractivity contribution in [1.29, 1.82) is 0 Å². The number of alkyl halides is 3. The third kappa shape index (κ3) is 5.13. The van der Waals surface area contributed by atoms with E-state index in [4.69, 9.17) is 11.6 Å². The molecule has 0 atom stereocenters. The molecule has 1 fully saturated rings. The van der Waals surface area contributed by atoms with Gasteiger partial charge in [0, 0.05) is 33.0 Å². The van der Waals surface area contributed by atoms with E-state index in [9.17, 15) is 22.8 Å². The van der Waals surface area contributed by atoms with Gasteiger partial charge in [0.25, 0.3) is 0 Å². The number of carbonyl (C=O) groups is 2. The van der Waals surface area contributed by atoms with Crippen LogP contribution in [0, 0.1) is 5.92 Å². The van der Waals surface area contributed by atoms with E-state index in [0.717, 1.165) is 35.9 Å². The quantitative estimate of drug-likeness (QED) is 0.766. The van der Waals surface area contributed by atoms with Crippen molar-refractivity contribution in [2.75, 3.05) is 24.5 Å². The molecule has 8 heteroatoms. The Morgan fingerprint density at radius 2 is 1.88 bits per heavy atom. The molecule has 1 aromatic rings. The summed E-state index contributed by atoms with van der Waals surface area (Å²) in [4.78, 5) is 27.2. The molecule has 4 nitrogen and oxygen atoms in total. The largest absolute Gasteiger partial charge is 0.416 e. The zero-order chi connectivity index (χ0) is 19.5. The van der Waals surface area contributed by atoms with Gasteiger partial charge in [0.2, 0.25) is 11.8 Å². The number of carbonyl (C=O) groups excluding carboxylic acids is 2. The van der Waals surface area contributed by atoms with Crippen molar-refractivity contribution in [3.05, 3.63) is 28.8 Å². The minimum absolute atomic E-state index is 0.0126. The van der Waals surface area contributed by atoms with E-state index in [2.05, 4.69) is 6.92 Å². The van der Waals surface area contributed by atoms with Crippen molar-refractivity contribution >= 4 is 29.1 Å². The van der Waals surface area contributed by atoms with Gasteiger partial charge in [0.15, 0.2) is 0 Å². The fourth-order valence-electron chi connectivity index (χ4n) is 2.97.